The average Bonchev–Trinajstić information content (AvgIpc) is 3.09. The minimum atomic E-state index is -0.275. The highest BCUT2D eigenvalue weighted by Crippen LogP contribution is 2.17. The van der Waals surface area contributed by atoms with Gasteiger partial charge < -0.3 is 15.0 Å². The molecule has 0 spiro atoms. The highest BCUT2D eigenvalue weighted by atomic mass is 32.2. The van der Waals surface area contributed by atoms with Crippen LogP contribution in [0.5, 0.6) is 0 Å². The fraction of sp³-hybridized carbons (Fsp3) is 0.667. The number of fused-ring (bicyclic) bond motifs is 1. The second-order valence-electron chi connectivity index (χ2n) is 5.15. The van der Waals surface area contributed by atoms with Crippen LogP contribution in [0.4, 0.5) is 9.59 Å². The first kappa shape index (κ1) is 14.9. The molecule has 0 unspecified atom stereocenters. The Morgan fingerprint density at radius 1 is 1.55 bits per heavy atom. The highest BCUT2D eigenvalue weighted by Gasteiger charge is 2.38. The molecular weight excluding hydrogens is 308 g/mol. The van der Waals surface area contributed by atoms with Crippen molar-refractivity contribution in [2.75, 3.05) is 38.5 Å². The zero-order chi connectivity index (χ0) is 15.5. The first-order valence-corrected chi connectivity index (χ1v) is 8.10. The predicted molar refractivity (Wildman–Crippen MR) is 78.7 cm³/mol. The molecule has 9 nitrogen and oxygen atoms in total. The smallest absolute Gasteiger partial charge is 0.410 e. The number of piperazine rings is 1. The normalized spacial score (nSPS) is 20.8. The molecule has 0 saturated carbocycles. The number of rotatable bonds is 4. The number of nitrogens with zero attached hydrogens (tertiary/aromatic N) is 4. The number of aryl methyl sites for hydroxylation is 1. The van der Waals surface area contributed by atoms with Gasteiger partial charge >= 0.3 is 12.1 Å². The number of urea groups is 1. The molecule has 2 aliphatic heterocycles. The summed E-state index contributed by atoms with van der Waals surface area (Å²) in [7, 11) is 0. The maximum absolute atomic E-state index is 12.1. The number of cyclic esters (lactones) is 1. The molecule has 1 aromatic rings. The van der Waals surface area contributed by atoms with Crippen molar-refractivity contribution in [2.24, 2.45) is 0 Å². The second kappa shape index (κ2) is 6.42. The topological polar surface area (TPSA) is 103 Å². The van der Waals surface area contributed by atoms with E-state index >= 15 is 0 Å². The average molecular weight is 326 g/mol. The third kappa shape index (κ3) is 3.26. The summed E-state index contributed by atoms with van der Waals surface area (Å²) in [6.45, 7) is 4.33. The van der Waals surface area contributed by atoms with Crippen LogP contribution in [0.3, 0.4) is 0 Å². The molecule has 22 heavy (non-hydrogen) atoms. The number of carbonyl (C=O) groups is 2. The van der Waals surface area contributed by atoms with Gasteiger partial charge in [0.2, 0.25) is 5.16 Å². The van der Waals surface area contributed by atoms with E-state index in [-0.39, 0.29) is 18.2 Å². The molecule has 0 aromatic carbocycles. The van der Waals surface area contributed by atoms with E-state index in [0.717, 1.165) is 5.82 Å². The molecule has 0 bridgehead atoms. The maximum atomic E-state index is 12.1. The Morgan fingerprint density at radius 3 is 3.18 bits per heavy atom. The Hall–Kier alpha value is -1.97. The van der Waals surface area contributed by atoms with Gasteiger partial charge in [0.15, 0.2) is 0 Å². The van der Waals surface area contributed by atoms with Crippen LogP contribution in [0, 0.1) is 6.92 Å². The van der Waals surface area contributed by atoms with Crippen LogP contribution < -0.4 is 5.32 Å². The molecule has 120 valence electrons. The summed E-state index contributed by atoms with van der Waals surface area (Å²) in [5.74, 6) is 1.48. The Balaban J connectivity index is 1.38. The quantitative estimate of drug-likeness (QED) is 0.599. The van der Waals surface area contributed by atoms with Crippen LogP contribution in [-0.4, -0.2) is 81.7 Å². The van der Waals surface area contributed by atoms with Gasteiger partial charge in [-0.05, 0) is 6.92 Å². The van der Waals surface area contributed by atoms with Gasteiger partial charge in [-0.1, -0.05) is 11.8 Å². The molecule has 0 radical (unpaired) electrons. The Bertz CT molecular complexity index is 565. The molecule has 0 aliphatic carbocycles. The van der Waals surface area contributed by atoms with E-state index in [1.165, 1.54) is 11.8 Å². The lowest BCUT2D eigenvalue weighted by atomic mass is 10.2. The third-order valence-electron chi connectivity index (χ3n) is 3.59. The van der Waals surface area contributed by atoms with Crippen LogP contribution in [0.1, 0.15) is 5.82 Å². The number of amides is 3. The van der Waals surface area contributed by atoms with E-state index in [1.807, 2.05) is 6.92 Å². The van der Waals surface area contributed by atoms with Crippen molar-refractivity contribution in [3.05, 3.63) is 5.82 Å². The minimum absolute atomic E-state index is 0.0161. The zero-order valence-corrected chi connectivity index (χ0v) is 13.1. The molecule has 2 saturated heterocycles. The lowest BCUT2D eigenvalue weighted by Crippen LogP contribution is -2.56. The van der Waals surface area contributed by atoms with E-state index in [4.69, 9.17) is 4.74 Å². The molecule has 2 fully saturated rings. The largest absolute Gasteiger partial charge is 0.447 e. The van der Waals surface area contributed by atoms with Crippen LogP contribution in [0.2, 0.25) is 0 Å². The molecule has 2 N–H and O–H groups in total. The maximum Gasteiger partial charge on any atom is 0.410 e. The lowest BCUT2D eigenvalue weighted by molar-refractivity contribution is 0.127. The van der Waals surface area contributed by atoms with Crippen molar-refractivity contribution in [3.8, 4) is 0 Å². The number of carbonyl (C=O) groups excluding carboxylic acids is 2. The van der Waals surface area contributed by atoms with Gasteiger partial charge in [0.1, 0.15) is 12.4 Å². The SMILES string of the molecule is Cc1nc(SCCNC(=O)N2CCN3C(=O)OC[C@H]3C2)n[nH]1. The highest BCUT2D eigenvalue weighted by molar-refractivity contribution is 7.99. The zero-order valence-electron chi connectivity index (χ0n) is 12.2. The monoisotopic (exact) mass is 326 g/mol. The van der Waals surface area contributed by atoms with E-state index in [0.29, 0.717) is 43.7 Å². The molecule has 1 aromatic heterocycles. The van der Waals surface area contributed by atoms with Gasteiger partial charge in [0.05, 0.1) is 6.04 Å². The van der Waals surface area contributed by atoms with Crippen LogP contribution >= 0.6 is 11.8 Å². The minimum Gasteiger partial charge on any atom is -0.447 e. The van der Waals surface area contributed by atoms with Gasteiger partial charge in [-0.3, -0.25) is 10.00 Å². The van der Waals surface area contributed by atoms with Gasteiger partial charge in [-0.25, -0.2) is 14.6 Å². The standard InChI is InChI=1S/C12H18N6O3S/c1-8-14-10(16-15-8)22-5-2-13-11(19)17-3-4-18-9(6-17)7-21-12(18)20/h9H,2-7H2,1H3,(H,13,19)(H,14,15,16)/t9-/m1/s1. The number of aromatic nitrogens is 3. The number of hydrogen-bond acceptors (Lipinski definition) is 6. The van der Waals surface area contributed by atoms with Gasteiger partial charge in [-0.15, -0.1) is 5.10 Å². The van der Waals surface area contributed by atoms with Crippen molar-refractivity contribution in [1.29, 1.82) is 0 Å². The summed E-state index contributed by atoms with van der Waals surface area (Å²) in [4.78, 5) is 31.1. The van der Waals surface area contributed by atoms with Crippen LogP contribution in [-0.2, 0) is 4.74 Å². The number of H-pyrrole nitrogens is 1. The second-order valence-corrected chi connectivity index (χ2v) is 6.22. The van der Waals surface area contributed by atoms with Gasteiger partial charge in [0.25, 0.3) is 0 Å². The van der Waals surface area contributed by atoms with Crippen molar-refractivity contribution in [2.45, 2.75) is 18.1 Å². The number of nitrogens with one attached hydrogen (secondary N) is 2. The Kier molecular flexibility index (Phi) is 4.36. The van der Waals surface area contributed by atoms with Crippen molar-refractivity contribution >= 4 is 23.9 Å². The number of thioether (sulfide) groups is 1. The summed E-state index contributed by atoms with van der Waals surface area (Å²) >= 11 is 1.49. The first-order valence-electron chi connectivity index (χ1n) is 7.11. The summed E-state index contributed by atoms with van der Waals surface area (Å²) < 4.78 is 4.99. The van der Waals surface area contributed by atoms with Crippen molar-refractivity contribution in [3.63, 3.8) is 0 Å². The van der Waals surface area contributed by atoms with E-state index in [2.05, 4.69) is 20.5 Å². The summed E-state index contributed by atoms with van der Waals surface area (Å²) in [6.07, 6.45) is -0.275. The summed E-state index contributed by atoms with van der Waals surface area (Å²) in [5, 5.41) is 10.4. The van der Waals surface area contributed by atoms with Gasteiger partial charge in [-0.2, -0.15) is 0 Å². The molecule has 3 rings (SSSR count). The van der Waals surface area contributed by atoms with Crippen LogP contribution in [0.15, 0.2) is 5.16 Å². The lowest BCUT2D eigenvalue weighted by Gasteiger charge is -2.35. The Morgan fingerprint density at radius 2 is 2.41 bits per heavy atom. The number of ether oxygens (including phenoxy) is 1. The number of hydrogen-bond donors (Lipinski definition) is 2. The summed E-state index contributed by atoms with van der Waals surface area (Å²) in [6, 6.07) is -0.122. The van der Waals surface area contributed by atoms with Gasteiger partial charge in [0, 0.05) is 31.9 Å². The fourth-order valence-corrected chi connectivity index (χ4v) is 3.17. The molecule has 10 heteroatoms. The van der Waals surface area contributed by atoms with Crippen LogP contribution in [0.25, 0.3) is 0 Å². The molecule has 3 heterocycles. The van der Waals surface area contributed by atoms with E-state index < -0.39 is 0 Å². The van der Waals surface area contributed by atoms with Crippen molar-refractivity contribution < 1.29 is 14.3 Å². The van der Waals surface area contributed by atoms with Crippen molar-refractivity contribution in [1.82, 2.24) is 30.3 Å². The molecular formula is C12H18N6O3S. The molecule has 2 aliphatic rings. The predicted octanol–water partition coefficient (Wildman–Crippen LogP) is 0.0512. The summed E-state index contributed by atoms with van der Waals surface area (Å²) in [5.41, 5.74) is 0. The van der Waals surface area contributed by atoms with E-state index in [1.54, 1.807) is 9.80 Å². The Labute approximate surface area is 131 Å². The van der Waals surface area contributed by atoms with E-state index in [9.17, 15) is 9.59 Å². The molecule has 3 amide bonds. The fourth-order valence-electron chi connectivity index (χ4n) is 2.47. The number of aromatic amines is 1. The molecule has 1 atom stereocenters. The first-order chi connectivity index (χ1) is 10.6. The third-order valence-corrected chi connectivity index (χ3v) is 4.44.